The van der Waals surface area contributed by atoms with Gasteiger partial charge in [-0.2, -0.15) is 4.98 Å². The van der Waals surface area contributed by atoms with Crippen molar-refractivity contribution in [2.75, 3.05) is 81.3 Å². The molecule has 0 atom stereocenters. The number of likely N-dealkylation sites (N-methyl/N-ethyl adjacent to an activating group) is 1. The average Bonchev–Trinajstić information content (AvgIpc) is 3.52. The van der Waals surface area contributed by atoms with Crippen LogP contribution in [0.15, 0.2) is 66.0 Å². The van der Waals surface area contributed by atoms with Gasteiger partial charge in [-0.1, -0.05) is 41.0 Å². The van der Waals surface area contributed by atoms with E-state index in [4.69, 9.17) is 14.7 Å². The lowest BCUT2D eigenvalue weighted by atomic mass is 10.0. The standard InChI is InChI=1S/C33H46N7OPS/c1-7-26(30(8-2)42(9-3)10-4)34-32-31-28(15-22-43-31)36-33(37-32)35-27-12-11-25(23-29(27)41-6)39-16-13-24(14-17-39)40-20-18-38(5)19-21-40/h7-8,11-12,15,22-24H,1-2,9-10,13-14,16-21H2,3-6H3,(H2,34,35,36,37)/b30-26-. The molecule has 0 aliphatic carbocycles. The quantitative estimate of drug-likeness (QED) is 0.163. The van der Waals surface area contributed by atoms with Gasteiger partial charge < -0.3 is 25.2 Å². The molecule has 0 radical (unpaired) electrons. The molecule has 2 aliphatic heterocycles. The second-order valence-electron chi connectivity index (χ2n) is 11.1. The minimum Gasteiger partial charge on any atom is -0.494 e. The largest absolute Gasteiger partial charge is 0.494 e. The molecule has 0 saturated carbocycles. The Morgan fingerprint density at radius 2 is 1.79 bits per heavy atom. The number of nitrogens with zero attached hydrogens (tertiary/aromatic N) is 5. The van der Waals surface area contributed by atoms with Crippen LogP contribution < -0.4 is 20.3 Å². The summed E-state index contributed by atoms with van der Waals surface area (Å²) >= 11 is 1.63. The number of hydrogen-bond donors (Lipinski definition) is 2. The van der Waals surface area contributed by atoms with E-state index in [1.807, 2.05) is 23.6 Å². The van der Waals surface area contributed by atoms with Crippen LogP contribution in [0.25, 0.3) is 10.2 Å². The number of benzene rings is 1. The van der Waals surface area contributed by atoms with Crippen molar-refractivity contribution >= 4 is 52.6 Å². The van der Waals surface area contributed by atoms with Crippen LogP contribution in [-0.2, 0) is 0 Å². The molecule has 2 aromatic heterocycles. The highest BCUT2D eigenvalue weighted by atomic mass is 32.1. The molecule has 230 valence electrons. The lowest BCUT2D eigenvalue weighted by molar-refractivity contribution is 0.0982. The van der Waals surface area contributed by atoms with Crippen molar-refractivity contribution in [1.82, 2.24) is 19.8 Å². The predicted molar refractivity (Wildman–Crippen MR) is 187 cm³/mol. The van der Waals surface area contributed by atoms with Gasteiger partial charge in [0.15, 0.2) is 5.82 Å². The van der Waals surface area contributed by atoms with Gasteiger partial charge in [0.05, 0.1) is 23.0 Å². The fraction of sp³-hybridized carbons (Fsp3) is 0.455. The highest BCUT2D eigenvalue weighted by Gasteiger charge is 2.27. The molecule has 43 heavy (non-hydrogen) atoms. The molecule has 1 aromatic carbocycles. The van der Waals surface area contributed by atoms with Gasteiger partial charge in [-0.15, -0.1) is 11.3 Å². The van der Waals surface area contributed by atoms with E-state index in [9.17, 15) is 0 Å². The molecule has 3 aromatic rings. The van der Waals surface area contributed by atoms with Gasteiger partial charge in [-0.05, 0) is 67.2 Å². The summed E-state index contributed by atoms with van der Waals surface area (Å²) in [6.45, 7) is 19.5. The van der Waals surface area contributed by atoms with Gasteiger partial charge in [-0.25, -0.2) is 4.98 Å². The molecule has 0 unspecified atom stereocenters. The topological polar surface area (TPSA) is 68.8 Å². The number of piperazine rings is 1. The summed E-state index contributed by atoms with van der Waals surface area (Å²) in [6, 6.07) is 9.11. The Hall–Kier alpha value is -2.97. The first-order valence-corrected chi connectivity index (χ1v) is 18.0. The van der Waals surface area contributed by atoms with Gasteiger partial charge in [0.25, 0.3) is 0 Å². The van der Waals surface area contributed by atoms with Crippen molar-refractivity contribution in [3.05, 3.63) is 66.0 Å². The Balaban J connectivity index is 1.33. The average molecular weight is 620 g/mol. The van der Waals surface area contributed by atoms with Crippen molar-refractivity contribution in [3.8, 4) is 5.75 Å². The van der Waals surface area contributed by atoms with Crippen LogP contribution in [0.1, 0.15) is 26.7 Å². The second-order valence-corrected chi connectivity index (χ2v) is 14.8. The summed E-state index contributed by atoms with van der Waals surface area (Å²) in [4.78, 5) is 17.3. The van der Waals surface area contributed by atoms with Crippen LogP contribution in [0, 0.1) is 0 Å². The lowest BCUT2D eigenvalue weighted by Gasteiger charge is -2.42. The third-order valence-electron chi connectivity index (χ3n) is 8.65. The monoisotopic (exact) mass is 619 g/mol. The molecule has 8 nitrogen and oxygen atoms in total. The summed E-state index contributed by atoms with van der Waals surface area (Å²) in [5.74, 6) is 2.06. The third-order valence-corrected chi connectivity index (χ3v) is 12.2. The minimum absolute atomic E-state index is 0.316. The number of piperidine rings is 1. The predicted octanol–water partition coefficient (Wildman–Crippen LogP) is 7.18. The molecule has 2 aliphatic rings. The van der Waals surface area contributed by atoms with Crippen LogP contribution in [0.2, 0.25) is 0 Å². The summed E-state index contributed by atoms with van der Waals surface area (Å²) in [7, 11) is 3.63. The van der Waals surface area contributed by atoms with Gasteiger partial charge in [0.2, 0.25) is 5.95 Å². The van der Waals surface area contributed by atoms with Crippen molar-refractivity contribution in [1.29, 1.82) is 0 Å². The van der Waals surface area contributed by atoms with E-state index >= 15 is 0 Å². The molecule has 0 spiro atoms. The highest BCUT2D eigenvalue weighted by Crippen LogP contribution is 2.46. The van der Waals surface area contributed by atoms with Crippen molar-refractivity contribution in [2.45, 2.75) is 32.7 Å². The summed E-state index contributed by atoms with van der Waals surface area (Å²) in [6.07, 6.45) is 8.44. The number of aromatic nitrogens is 2. The zero-order valence-electron chi connectivity index (χ0n) is 26.1. The Bertz CT molecular complexity index is 1440. The van der Waals surface area contributed by atoms with E-state index in [1.165, 1.54) is 50.0 Å². The smallest absolute Gasteiger partial charge is 0.229 e. The van der Waals surface area contributed by atoms with Crippen molar-refractivity contribution < 1.29 is 4.74 Å². The first-order chi connectivity index (χ1) is 21.0. The van der Waals surface area contributed by atoms with E-state index in [0.29, 0.717) is 12.0 Å². The van der Waals surface area contributed by atoms with Gasteiger partial charge in [-0.3, -0.25) is 4.90 Å². The number of methoxy groups -OCH3 is 1. The number of ether oxygens (including phenoxy) is 1. The van der Waals surface area contributed by atoms with Crippen LogP contribution in [0.3, 0.4) is 0 Å². The Morgan fingerprint density at radius 3 is 2.44 bits per heavy atom. The number of rotatable bonds is 12. The maximum atomic E-state index is 5.86. The molecule has 2 saturated heterocycles. The first-order valence-electron chi connectivity index (χ1n) is 15.4. The van der Waals surface area contributed by atoms with Crippen LogP contribution in [-0.4, -0.2) is 91.6 Å². The Morgan fingerprint density at radius 1 is 1.05 bits per heavy atom. The van der Waals surface area contributed by atoms with E-state index in [1.54, 1.807) is 18.4 Å². The Labute approximate surface area is 262 Å². The van der Waals surface area contributed by atoms with E-state index < -0.39 is 0 Å². The third kappa shape index (κ3) is 7.23. The zero-order valence-corrected chi connectivity index (χ0v) is 27.8. The molecule has 0 amide bonds. The van der Waals surface area contributed by atoms with Gasteiger partial charge in [0.1, 0.15) is 5.75 Å². The number of allylic oxidation sites excluding steroid dienone is 3. The molecule has 2 fully saturated rings. The van der Waals surface area contributed by atoms with Crippen LogP contribution in [0.5, 0.6) is 5.75 Å². The zero-order chi connectivity index (χ0) is 30.3. The molecule has 0 bridgehead atoms. The molecule has 4 heterocycles. The molecule has 5 rings (SSSR count). The summed E-state index contributed by atoms with van der Waals surface area (Å²) < 4.78 is 6.86. The van der Waals surface area contributed by atoms with E-state index in [2.05, 4.69) is 77.6 Å². The molecule has 2 N–H and O–H groups in total. The van der Waals surface area contributed by atoms with Crippen LogP contribution >= 0.6 is 19.3 Å². The minimum atomic E-state index is -0.316. The summed E-state index contributed by atoms with van der Waals surface area (Å²) in [5.41, 5.74) is 3.88. The van der Waals surface area contributed by atoms with E-state index in [-0.39, 0.29) is 7.92 Å². The normalized spacial score (nSPS) is 17.7. The number of hydrogen-bond acceptors (Lipinski definition) is 9. The number of fused-ring (bicyclic) bond motifs is 1. The van der Waals surface area contributed by atoms with E-state index in [0.717, 1.165) is 58.6 Å². The maximum Gasteiger partial charge on any atom is 0.229 e. The molecular formula is C33H46N7OPS. The fourth-order valence-electron chi connectivity index (χ4n) is 6.10. The highest BCUT2D eigenvalue weighted by molar-refractivity contribution is 7.62. The fourth-order valence-corrected chi connectivity index (χ4v) is 8.75. The first kappa shape index (κ1) is 31.5. The van der Waals surface area contributed by atoms with Gasteiger partial charge >= 0.3 is 0 Å². The number of anilines is 4. The molecule has 10 heteroatoms. The molecular weight excluding hydrogens is 573 g/mol. The van der Waals surface area contributed by atoms with Crippen molar-refractivity contribution in [2.24, 2.45) is 0 Å². The van der Waals surface area contributed by atoms with Crippen LogP contribution in [0.4, 0.5) is 23.1 Å². The summed E-state index contributed by atoms with van der Waals surface area (Å²) in [5, 5.41) is 10.3. The lowest BCUT2D eigenvalue weighted by Crippen LogP contribution is -2.52. The maximum absolute atomic E-state index is 5.86. The second kappa shape index (κ2) is 14.7. The number of nitrogens with one attached hydrogen (secondary N) is 2. The van der Waals surface area contributed by atoms with Crippen molar-refractivity contribution in [3.63, 3.8) is 0 Å². The number of thiophene rings is 1. The van der Waals surface area contributed by atoms with Gasteiger partial charge in [0, 0.05) is 62.8 Å². The SMILES string of the molecule is C=C/C(Nc1nc(Nc2ccc(N3CCC(N4CCN(C)CC4)CC3)cc2OC)nc2ccsc12)=C(\C=C)P(CC)CC. The Kier molecular flexibility index (Phi) is 10.7.